The van der Waals surface area contributed by atoms with E-state index in [1.54, 1.807) is 30.3 Å². The minimum absolute atomic E-state index is 0.0653. The third-order valence-electron chi connectivity index (χ3n) is 4.44. The number of cyclic esters (lactones) is 1. The van der Waals surface area contributed by atoms with E-state index in [-0.39, 0.29) is 27.9 Å². The van der Waals surface area contributed by atoms with Crippen LogP contribution in [0.15, 0.2) is 83.5 Å². The Morgan fingerprint density at radius 1 is 1.06 bits per heavy atom. The third-order valence-corrected chi connectivity index (χ3v) is 4.77. The first kappa shape index (κ1) is 20.3. The van der Waals surface area contributed by atoms with E-state index < -0.39 is 10.9 Å². The van der Waals surface area contributed by atoms with E-state index >= 15 is 0 Å². The molecule has 3 aromatic carbocycles. The van der Waals surface area contributed by atoms with Crippen molar-refractivity contribution in [2.45, 2.75) is 6.61 Å². The van der Waals surface area contributed by atoms with Gasteiger partial charge in [0.05, 0.1) is 15.5 Å². The summed E-state index contributed by atoms with van der Waals surface area (Å²) in [6.07, 6.45) is 1.56. The fraction of sp³-hybridized carbons (Fsp3) is 0.0435. The second kappa shape index (κ2) is 8.81. The van der Waals surface area contributed by atoms with Gasteiger partial charge in [0.15, 0.2) is 5.70 Å². The van der Waals surface area contributed by atoms with Crippen LogP contribution in [0.3, 0.4) is 0 Å². The van der Waals surface area contributed by atoms with E-state index in [9.17, 15) is 14.9 Å². The van der Waals surface area contributed by atoms with Crippen LogP contribution in [0, 0.1) is 10.1 Å². The van der Waals surface area contributed by atoms with Gasteiger partial charge in [-0.05, 0) is 35.4 Å². The van der Waals surface area contributed by atoms with Crippen LogP contribution in [0.25, 0.3) is 6.08 Å². The molecule has 1 aliphatic rings. The van der Waals surface area contributed by atoms with Gasteiger partial charge in [0.25, 0.3) is 5.69 Å². The number of aliphatic imine (C=N–C) groups is 1. The standard InChI is InChI=1S/C23H15ClN2O5/c24-20-11-8-17(26(28)29)13-19(20)22-25-21(23(27)31-22)12-15-6-9-18(10-7-15)30-14-16-4-2-1-3-5-16/h1-13H,14H2/b21-12-. The van der Waals surface area contributed by atoms with Gasteiger partial charge in [-0.15, -0.1) is 0 Å². The molecule has 0 atom stereocenters. The molecule has 154 valence electrons. The highest BCUT2D eigenvalue weighted by Gasteiger charge is 2.27. The lowest BCUT2D eigenvalue weighted by Crippen LogP contribution is -2.06. The van der Waals surface area contributed by atoms with Crippen LogP contribution >= 0.6 is 11.6 Å². The molecule has 0 radical (unpaired) electrons. The Kier molecular flexibility index (Phi) is 5.77. The Morgan fingerprint density at radius 3 is 2.52 bits per heavy atom. The highest BCUT2D eigenvalue weighted by Crippen LogP contribution is 2.27. The summed E-state index contributed by atoms with van der Waals surface area (Å²) in [5.74, 6) is -0.0534. The van der Waals surface area contributed by atoms with Crippen molar-refractivity contribution in [1.29, 1.82) is 0 Å². The lowest BCUT2D eigenvalue weighted by atomic mass is 10.2. The largest absolute Gasteiger partial charge is 0.489 e. The molecule has 0 saturated carbocycles. The first-order valence-electron chi connectivity index (χ1n) is 9.23. The smallest absolute Gasteiger partial charge is 0.363 e. The van der Waals surface area contributed by atoms with Crippen molar-refractivity contribution >= 4 is 35.2 Å². The summed E-state index contributed by atoms with van der Waals surface area (Å²) >= 11 is 6.10. The zero-order valence-corrected chi connectivity index (χ0v) is 16.8. The number of esters is 1. The average Bonchev–Trinajstić information content (AvgIpc) is 3.14. The van der Waals surface area contributed by atoms with Gasteiger partial charge in [0.1, 0.15) is 12.4 Å². The lowest BCUT2D eigenvalue weighted by molar-refractivity contribution is -0.384. The molecular weight excluding hydrogens is 420 g/mol. The molecule has 1 heterocycles. The number of halogens is 1. The number of hydrogen-bond acceptors (Lipinski definition) is 6. The van der Waals surface area contributed by atoms with Crippen molar-refractivity contribution in [2.24, 2.45) is 4.99 Å². The quantitative estimate of drug-likeness (QED) is 0.231. The van der Waals surface area contributed by atoms with E-state index in [2.05, 4.69) is 4.99 Å². The van der Waals surface area contributed by atoms with Gasteiger partial charge in [-0.3, -0.25) is 10.1 Å². The Balaban J connectivity index is 1.51. The normalized spacial score (nSPS) is 14.3. The number of carbonyl (C=O) groups excluding carboxylic acids is 1. The molecule has 0 N–H and O–H groups in total. The number of carbonyl (C=O) groups is 1. The summed E-state index contributed by atoms with van der Waals surface area (Å²) in [6.45, 7) is 0.450. The Bertz CT molecular complexity index is 1200. The minimum Gasteiger partial charge on any atom is -0.489 e. The summed E-state index contributed by atoms with van der Waals surface area (Å²) in [6, 6.07) is 20.8. The number of non-ortho nitro benzene ring substituents is 1. The van der Waals surface area contributed by atoms with Crippen LogP contribution in [0.4, 0.5) is 5.69 Å². The monoisotopic (exact) mass is 434 g/mol. The first-order valence-corrected chi connectivity index (χ1v) is 9.61. The summed E-state index contributed by atoms with van der Waals surface area (Å²) < 4.78 is 10.9. The van der Waals surface area contributed by atoms with E-state index in [0.29, 0.717) is 17.9 Å². The average molecular weight is 435 g/mol. The van der Waals surface area contributed by atoms with Crippen molar-refractivity contribution < 1.29 is 19.2 Å². The SMILES string of the molecule is O=C1OC(c2cc([N+](=O)[O-])ccc2Cl)=N/C1=C\c1ccc(OCc2ccccc2)cc1. The Hall–Kier alpha value is -3.97. The van der Waals surface area contributed by atoms with Gasteiger partial charge in [0.2, 0.25) is 5.90 Å². The maximum Gasteiger partial charge on any atom is 0.363 e. The minimum atomic E-state index is -0.665. The highest BCUT2D eigenvalue weighted by molar-refractivity contribution is 6.34. The Labute approximate surface area is 182 Å². The third kappa shape index (κ3) is 4.79. The van der Waals surface area contributed by atoms with Gasteiger partial charge in [-0.2, -0.15) is 0 Å². The predicted molar refractivity (Wildman–Crippen MR) is 116 cm³/mol. The first-order chi connectivity index (χ1) is 15.0. The molecule has 3 aromatic rings. The van der Waals surface area contributed by atoms with E-state index in [0.717, 1.165) is 5.56 Å². The van der Waals surface area contributed by atoms with E-state index in [1.807, 2.05) is 30.3 Å². The number of rotatable bonds is 6. The maximum absolute atomic E-state index is 12.2. The van der Waals surface area contributed by atoms with Crippen LogP contribution in [-0.4, -0.2) is 16.8 Å². The zero-order chi connectivity index (χ0) is 21.8. The molecule has 0 aromatic heterocycles. The van der Waals surface area contributed by atoms with Gasteiger partial charge in [0, 0.05) is 12.1 Å². The molecule has 1 aliphatic heterocycles. The molecular formula is C23H15ClN2O5. The van der Waals surface area contributed by atoms with Crippen LogP contribution in [0.1, 0.15) is 16.7 Å². The number of ether oxygens (including phenoxy) is 2. The molecule has 4 rings (SSSR count). The summed E-state index contributed by atoms with van der Waals surface area (Å²) in [4.78, 5) is 26.8. The van der Waals surface area contributed by atoms with Crippen molar-refractivity contribution in [3.8, 4) is 5.75 Å². The van der Waals surface area contributed by atoms with E-state index in [1.165, 1.54) is 18.2 Å². The topological polar surface area (TPSA) is 91.0 Å². The molecule has 31 heavy (non-hydrogen) atoms. The van der Waals surface area contributed by atoms with Crippen molar-refractivity contribution in [3.05, 3.63) is 110 Å². The van der Waals surface area contributed by atoms with Crippen LogP contribution in [-0.2, 0) is 16.1 Å². The number of nitrogens with zero attached hydrogens (tertiary/aromatic N) is 2. The van der Waals surface area contributed by atoms with Crippen LogP contribution in [0.2, 0.25) is 5.02 Å². The fourth-order valence-corrected chi connectivity index (χ4v) is 3.07. The van der Waals surface area contributed by atoms with Crippen molar-refractivity contribution in [3.63, 3.8) is 0 Å². The van der Waals surface area contributed by atoms with E-state index in [4.69, 9.17) is 21.1 Å². The van der Waals surface area contributed by atoms with Gasteiger partial charge < -0.3 is 9.47 Å². The van der Waals surface area contributed by atoms with Crippen LogP contribution < -0.4 is 4.74 Å². The molecule has 7 nitrogen and oxygen atoms in total. The molecule has 8 heteroatoms. The number of hydrogen-bond donors (Lipinski definition) is 0. The molecule has 0 spiro atoms. The second-order valence-electron chi connectivity index (χ2n) is 6.60. The molecule has 0 unspecified atom stereocenters. The lowest BCUT2D eigenvalue weighted by Gasteiger charge is -2.06. The fourth-order valence-electron chi connectivity index (χ4n) is 2.87. The van der Waals surface area contributed by atoms with Gasteiger partial charge in [-0.1, -0.05) is 54.1 Å². The highest BCUT2D eigenvalue weighted by atomic mass is 35.5. The second-order valence-corrected chi connectivity index (χ2v) is 7.01. The summed E-state index contributed by atoms with van der Waals surface area (Å²) in [5.41, 5.74) is 1.84. The zero-order valence-electron chi connectivity index (χ0n) is 16.0. The van der Waals surface area contributed by atoms with Crippen LogP contribution in [0.5, 0.6) is 5.75 Å². The Morgan fingerprint density at radius 2 is 1.81 bits per heavy atom. The van der Waals surface area contributed by atoms with Gasteiger partial charge >= 0.3 is 5.97 Å². The number of nitro benzene ring substituents is 1. The number of benzene rings is 3. The predicted octanol–water partition coefficient (Wildman–Crippen LogP) is 5.17. The molecule has 0 amide bonds. The molecule has 0 bridgehead atoms. The maximum atomic E-state index is 12.2. The molecule has 0 fully saturated rings. The summed E-state index contributed by atoms with van der Waals surface area (Å²) in [5, 5.41) is 11.2. The van der Waals surface area contributed by atoms with Crippen molar-refractivity contribution in [2.75, 3.05) is 0 Å². The number of nitro groups is 1. The van der Waals surface area contributed by atoms with Gasteiger partial charge in [-0.25, -0.2) is 9.79 Å². The molecule has 0 aliphatic carbocycles. The summed E-state index contributed by atoms with van der Waals surface area (Å²) in [7, 11) is 0. The molecule has 0 saturated heterocycles. The van der Waals surface area contributed by atoms with Crippen molar-refractivity contribution in [1.82, 2.24) is 0 Å².